The van der Waals surface area contributed by atoms with Crippen molar-refractivity contribution in [3.05, 3.63) is 35.9 Å². The summed E-state index contributed by atoms with van der Waals surface area (Å²) < 4.78 is 0. The van der Waals surface area contributed by atoms with Gasteiger partial charge in [0.25, 0.3) is 0 Å². The third-order valence-electron chi connectivity index (χ3n) is 2.82. The molecule has 0 aliphatic carbocycles. The van der Waals surface area contributed by atoms with Crippen LogP contribution in [0.1, 0.15) is 32.8 Å². The van der Waals surface area contributed by atoms with Gasteiger partial charge in [-0.3, -0.25) is 4.79 Å². The van der Waals surface area contributed by atoms with Gasteiger partial charge in [0, 0.05) is 12.1 Å². The first-order valence-corrected chi connectivity index (χ1v) is 6.68. The van der Waals surface area contributed by atoms with Crippen molar-refractivity contribution >= 4 is 5.91 Å². The van der Waals surface area contributed by atoms with Crippen LogP contribution in [-0.2, 0) is 11.2 Å². The van der Waals surface area contributed by atoms with Crippen LogP contribution < -0.4 is 10.6 Å². The second kappa shape index (κ2) is 7.88. The quantitative estimate of drug-likeness (QED) is 0.776. The minimum atomic E-state index is 0.0662. The molecule has 0 saturated carbocycles. The molecule has 1 amide bonds. The van der Waals surface area contributed by atoms with E-state index >= 15 is 0 Å². The van der Waals surface area contributed by atoms with Crippen molar-refractivity contribution in [3.63, 3.8) is 0 Å². The molecule has 3 nitrogen and oxygen atoms in total. The number of carbonyl (C=O) groups excluding carboxylic acids is 1. The Hall–Kier alpha value is -1.35. The van der Waals surface area contributed by atoms with Crippen LogP contribution in [-0.4, -0.2) is 24.5 Å². The monoisotopic (exact) mass is 248 g/mol. The Bertz CT molecular complexity index is 349. The van der Waals surface area contributed by atoms with Crippen molar-refractivity contribution in [1.29, 1.82) is 0 Å². The van der Waals surface area contributed by atoms with E-state index in [1.165, 1.54) is 5.56 Å². The Morgan fingerprint density at radius 1 is 1.22 bits per heavy atom. The van der Waals surface area contributed by atoms with Gasteiger partial charge in [0.15, 0.2) is 0 Å². The second-order valence-corrected chi connectivity index (χ2v) is 4.90. The smallest absolute Gasteiger partial charge is 0.234 e. The van der Waals surface area contributed by atoms with Gasteiger partial charge in [0.05, 0.1) is 6.54 Å². The average Bonchev–Trinajstić information content (AvgIpc) is 2.35. The van der Waals surface area contributed by atoms with E-state index in [9.17, 15) is 4.79 Å². The summed E-state index contributed by atoms with van der Waals surface area (Å²) in [6, 6.07) is 10.9. The number of rotatable bonds is 7. The highest BCUT2D eigenvalue weighted by Crippen LogP contribution is 2.05. The largest absolute Gasteiger partial charge is 0.353 e. The van der Waals surface area contributed by atoms with E-state index in [-0.39, 0.29) is 11.9 Å². The molecule has 2 N–H and O–H groups in total. The zero-order valence-electron chi connectivity index (χ0n) is 11.6. The van der Waals surface area contributed by atoms with Crippen LogP contribution in [0.5, 0.6) is 0 Å². The van der Waals surface area contributed by atoms with Crippen LogP contribution in [0.25, 0.3) is 0 Å². The molecule has 0 saturated heterocycles. The van der Waals surface area contributed by atoms with Crippen LogP contribution in [0, 0.1) is 0 Å². The van der Waals surface area contributed by atoms with Crippen molar-refractivity contribution < 1.29 is 4.79 Å². The molecule has 0 fully saturated rings. The van der Waals surface area contributed by atoms with Gasteiger partial charge < -0.3 is 10.6 Å². The summed E-state index contributed by atoms with van der Waals surface area (Å²) in [6.45, 7) is 6.48. The second-order valence-electron chi connectivity index (χ2n) is 4.90. The van der Waals surface area contributed by atoms with Gasteiger partial charge in [0.2, 0.25) is 5.91 Å². The van der Waals surface area contributed by atoms with Gasteiger partial charge in [-0.1, -0.05) is 37.3 Å². The molecule has 3 heteroatoms. The van der Waals surface area contributed by atoms with Crippen molar-refractivity contribution in [2.75, 3.05) is 6.54 Å². The summed E-state index contributed by atoms with van der Waals surface area (Å²) in [6.07, 6.45) is 1.98. The first kappa shape index (κ1) is 14.7. The Morgan fingerprint density at radius 2 is 1.89 bits per heavy atom. The number of benzene rings is 1. The SMILES string of the molecule is CCC(Cc1ccccc1)NCC(=O)NC(C)C. The maximum atomic E-state index is 11.6. The lowest BCUT2D eigenvalue weighted by molar-refractivity contribution is -0.120. The fourth-order valence-corrected chi connectivity index (χ4v) is 1.87. The minimum Gasteiger partial charge on any atom is -0.353 e. The zero-order chi connectivity index (χ0) is 13.4. The Kier molecular flexibility index (Phi) is 6.44. The summed E-state index contributed by atoms with van der Waals surface area (Å²) in [5.41, 5.74) is 1.31. The topological polar surface area (TPSA) is 41.1 Å². The molecule has 1 aromatic rings. The average molecular weight is 248 g/mol. The van der Waals surface area contributed by atoms with Crippen molar-refractivity contribution in [2.45, 2.75) is 45.7 Å². The van der Waals surface area contributed by atoms with E-state index in [4.69, 9.17) is 0 Å². The number of nitrogens with one attached hydrogen (secondary N) is 2. The number of amides is 1. The molecule has 1 rings (SSSR count). The van der Waals surface area contributed by atoms with E-state index in [2.05, 4.69) is 29.7 Å². The third kappa shape index (κ3) is 5.82. The maximum absolute atomic E-state index is 11.6. The van der Waals surface area contributed by atoms with Gasteiger partial charge in [-0.2, -0.15) is 0 Å². The molecule has 0 aromatic heterocycles. The van der Waals surface area contributed by atoms with Crippen LogP contribution in [0.2, 0.25) is 0 Å². The van der Waals surface area contributed by atoms with E-state index < -0.39 is 0 Å². The summed E-state index contributed by atoms with van der Waals surface area (Å²) in [5, 5.41) is 6.20. The zero-order valence-corrected chi connectivity index (χ0v) is 11.6. The Morgan fingerprint density at radius 3 is 2.44 bits per heavy atom. The van der Waals surface area contributed by atoms with Crippen LogP contribution in [0.4, 0.5) is 0 Å². The molecule has 100 valence electrons. The van der Waals surface area contributed by atoms with Crippen molar-refractivity contribution in [3.8, 4) is 0 Å². The lowest BCUT2D eigenvalue weighted by Gasteiger charge is -2.17. The van der Waals surface area contributed by atoms with Crippen LogP contribution in [0.15, 0.2) is 30.3 Å². The van der Waals surface area contributed by atoms with Gasteiger partial charge in [0.1, 0.15) is 0 Å². The molecule has 18 heavy (non-hydrogen) atoms. The number of hydrogen-bond donors (Lipinski definition) is 2. The fourth-order valence-electron chi connectivity index (χ4n) is 1.87. The lowest BCUT2D eigenvalue weighted by atomic mass is 10.0. The highest BCUT2D eigenvalue weighted by Gasteiger charge is 2.09. The Labute approximate surface area is 110 Å². The highest BCUT2D eigenvalue weighted by molar-refractivity contribution is 5.78. The minimum absolute atomic E-state index is 0.0662. The van der Waals surface area contributed by atoms with Crippen LogP contribution >= 0.6 is 0 Å². The Balaban J connectivity index is 2.36. The molecule has 0 heterocycles. The first-order chi connectivity index (χ1) is 8.61. The van der Waals surface area contributed by atoms with Crippen molar-refractivity contribution in [2.24, 2.45) is 0 Å². The molecule has 0 radical (unpaired) electrons. The van der Waals surface area contributed by atoms with Gasteiger partial charge in [-0.05, 0) is 32.3 Å². The molecule has 1 aromatic carbocycles. The predicted molar refractivity (Wildman–Crippen MR) is 75.5 cm³/mol. The molecule has 0 aliphatic rings. The van der Waals surface area contributed by atoms with E-state index in [1.807, 2.05) is 32.0 Å². The third-order valence-corrected chi connectivity index (χ3v) is 2.82. The predicted octanol–water partition coefficient (Wildman–Crippen LogP) is 2.12. The molecule has 0 bridgehead atoms. The normalized spacial score (nSPS) is 12.4. The van der Waals surface area contributed by atoms with Crippen molar-refractivity contribution in [1.82, 2.24) is 10.6 Å². The summed E-state index contributed by atoms with van der Waals surface area (Å²) in [4.78, 5) is 11.6. The van der Waals surface area contributed by atoms with Gasteiger partial charge >= 0.3 is 0 Å². The molecular weight excluding hydrogens is 224 g/mol. The fraction of sp³-hybridized carbons (Fsp3) is 0.533. The van der Waals surface area contributed by atoms with E-state index in [1.54, 1.807) is 0 Å². The summed E-state index contributed by atoms with van der Waals surface area (Å²) in [7, 11) is 0. The van der Waals surface area contributed by atoms with Gasteiger partial charge in [-0.25, -0.2) is 0 Å². The van der Waals surface area contributed by atoms with E-state index in [0.717, 1.165) is 12.8 Å². The standard InChI is InChI=1S/C15H24N2O/c1-4-14(10-13-8-6-5-7-9-13)16-11-15(18)17-12(2)3/h5-9,12,14,16H,4,10-11H2,1-3H3,(H,17,18). The molecule has 1 unspecified atom stereocenters. The molecule has 0 spiro atoms. The summed E-state index contributed by atoms with van der Waals surface area (Å²) in [5.74, 6) is 0.0662. The number of hydrogen-bond acceptors (Lipinski definition) is 2. The maximum Gasteiger partial charge on any atom is 0.234 e. The first-order valence-electron chi connectivity index (χ1n) is 6.68. The van der Waals surface area contributed by atoms with Gasteiger partial charge in [-0.15, -0.1) is 0 Å². The van der Waals surface area contributed by atoms with E-state index in [0.29, 0.717) is 12.6 Å². The molecule has 0 aliphatic heterocycles. The summed E-state index contributed by atoms with van der Waals surface area (Å²) >= 11 is 0. The molecule has 1 atom stereocenters. The lowest BCUT2D eigenvalue weighted by Crippen LogP contribution is -2.42. The van der Waals surface area contributed by atoms with Crippen LogP contribution in [0.3, 0.4) is 0 Å². The molecular formula is C15H24N2O. The number of carbonyl (C=O) groups is 1. The highest BCUT2D eigenvalue weighted by atomic mass is 16.1.